The summed E-state index contributed by atoms with van der Waals surface area (Å²) >= 11 is 11.3. The van der Waals surface area contributed by atoms with Crippen LogP contribution in [-0.2, 0) is 0 Å². The van der Waals surface area contributed by atoms with E-state index in [9.17, 15) is 0 Å². The number of anilines is 1. The molecule has 0 radical (unpaired) electrons. The predicted molar refractivity (Wildman–Crippen MR) is 92.5 cm³/mol. The highest BCUT2D eigenvalue weighted by Gasteiger charge is 2.47. The molecule has 1 saturated heterocycles. The fourth-order valence-electron chi connectivity index (χ4n) is 2.80. The quantitative estimate of drug-likeness (QED) is 0.730. The molecule has 0 bridgehead atoms. The van der Waals surface area contributed by atoms with Crippen molar-refractivity contribution in [2.75, 3.05) is 24.4 Å². The monoisotopic (exact) mass is 322 g/mol. The summed E-state index contributed by atoms with van der Waals surface area (Å²) in [6.45, 7) is 2.00. The smallest absolute Gasteiger partial charge is 0.193 e. The van der Waals surface area contributed by atoms with E-state index in [0.717, 1.165) is 35.4 Å². The van der Waals surface area contributed by atoms with Crippen molar-refractivity contribution in [2.24, 2.45) is 0 Å². The molecular formula is C13H14N4S3. The van der Waals surface area contributed by atoms with Gasteiger partial charge >= 0.3 is 0 Å². The Labute approximate surface area is 131 Å². The van der Waals surface area contributed by atoms with Crippen LogP contribution in [0.25, 0.3) is 0 Å². The summed E-state index contributed by atoms with van der Waals surface area (Å²) in [6.07, 6.45) is 1.09. The lowest BCUT2D eigenvalue weighted by atomic mass is 10.3. The third kappa shape index (κ3) is 1.51. The van der Waals surface area contributed by atoms with Gasteiger partial charge in [-0.3, -0.25) is 14.1 Å². The Kier molecular flexibility index (Phi) is 2.77. The lowest BCUT2D eigenvalue weighted by Gasteiger charge is -2.36. The largest absolute Gasteiger partial charge is 0.296 e. The highest BCUT2D eigenvalue weighted by Crippen LogP contribution is 2.45. The summed E-state index contributed by atoms with van der Waals surface area (Å²) in [5.74, 6) is 0. The van der Waals surface area contributed by atoms with Gasteiger partial charge in [-0.15, -0.1) is 0 Å². The number of hydrogen-bond acceptors (Lipinski definition) is 2. The molecule has 104 valence electrons. The molecule has 4 rings (SSSR count). The summed E-state index contributed by atoms with van der Waals surface area (Å²) in [4.78, 5) is 4.50. The molecule has 1 fully saturated rings. The van der Waals surface area contributed by atoms with Gasteiger partial charge in [0.1, 0.15) is 0 Å². The molecule has 4 nitrogen and oxygen atoms in total. The zero-order valence-corrected chi connectivity index (χ0v) is 13.5. The molecule has 0 aromatic heterocycles. The molecule has 1 aromatic rings. The molecule has 3 aliphatic rings. The highest BCUT2D eigenvalue weighted by atomic mass is 32.2. The normalized spacial score (nSPS) is 24.9. The molecule has 1 aromatic carbocycles. The van der Waals surface area contributed by atoms with Crippen LogP contribution >= 0.6 is 35.3 Å². The average molecular weight is 322 g/mol. The van der Waals surface area contributed by atoms with E-state index in [4.69, 9.17) is 24.4 Å². The summed E-state index contributed by atoms with van der Waals surface area (Å²) in [6, 6.07) is 10.3. The van der Waals surface area contributed by atoms with Gasteiger partial charge in [0.25, 0.3) is 0 Å². The summed E-state index contributed by atoms with van der Waals surface area (Å²) in [5, 5.41) is 3.07. The van der Waals surface area contributed by atoms with E-state index >= 15 is 0 Å². The van der Waals surface area contributed by atoms with E-state index in [1.54, 1.807) is 0 Å². The summed E-state index contributed by atoms with van der Waals surface area (Å²) in [5.41, 5.74) is 1.14. The van der Waals surface area contributed by atoms with Crippen molar-refractivity contribution in [1.82, 2.24) is 14.1 Å². The van der Waals surface area contributed by atoms with E-state index in [1.165, 1.54) is 5.11 Å². The van der Waals surface area contributed by atoms with Gasteiger partial charge in [-0.2, -0.15) is 0 Å². The van der Waals surface area contributed by atoms with E-state index in [0.29, 0.717) is 0 Å². The molecule has 1 atom stereocenters. The van der Waals surface area contributed by atoms with Crippen LogP contribution in [0.5, 0.6) is 0 Å². The van der Waals surface area contributed by atoms with Crippen LogP contribution in [0, 0.1) is 0 Å². The van der Waals surface area contributed by atoms with E-state index in [1.807, 2.05) is 6.07 Å². The fraction of sp³-hybridized carbons (Fsp3) is 0.308. The van der Waals surface area contributed by atoms with Crippen molar-refractivity contribution < 1.29 is 0 Å². The number of benzene rings is 1. The Bertz CT molecular complexity index is 642. The zero-order valence-electron chi connectivity index (χ0n) is 11.0. The Morgan fingerprint density at radius 1 is 1.00 bits per heavy atom. The van der Waals surface area contributed by atoms with Gasteiger partial charge in [0.15, 0.2) is 15.3 Å². The Morgan fingerprint density at radius 2 is 1.65 bits per heavy atom. The third-order valence-corrected chi connectivity index (χ3v) is 7.03. The van der Waals surface area contributed by atoms with Crippen molar-refractivity contribution in [3.63, 3.8) is 0 Å². The number of para-hydroxylation sites is 1. The van der Waals surface area contributed by atoms with Gasteiger partial charge in [-0.1, -0.05) is 18.2 Å². The van der Waals surface area contributed by atoms with Crippen LogP contribution in [0.4, 0.5) is 5.69 Å². The summed E-state index contributed by atoms with van der Waals surface area (Å²) < 4.78 is 4.41. The number of rotatable bonds is 1. The van der Waals surface area contributed by atoms with Crippen LogP contribution < -0.4 is 4.31 Å². The first-order chi connectivity index (χ1) is 9.70. The number of thiocarbonyl (C=S) groups is 2. The maximum absolute atomic E-state index is 5.72. The number of nitrogens with zero attached hydrogens (tertiary/aromatic N) is 4. The Hall–Kier alpha value is -1.18. The number of hydrogen-bond donors (Lipinski definition) is 0. The lowest BCUT2D eigenvalue weighted by Crippen LogP contribution is -2.52. The zero-order chi connectivity index (χ0) is 13.9. The molecule has 3 heterocycles. The molecule has 3 aliphatic heterocycles. The molecule has 0 N–H and O–H groups in total. The Balaban J connectivity index is 1.88. The molecule has 0 aliphatic carbocycles. The third-order valence-electron chi connectivity index (χ3n) is 3.72. The van der Waals surface area contributed by atoms with Crippen molar-refractivity contribution in [2.45, 2.75) is 6.42 Å². The first-order valence-electron chi connectivity index (χ1n) is 6.53. The van der Waals surface area contributed by atoms with E-state index in [2.05, 4.69) is 49.7 Å². The molecular weight excluding hydrogens is 308 g/mol. The van der Waals surface area contributed by atoms with Crippen LogP contribution in [-0.4, -0.2) is 49.6 Å². The van der Waals surface area contributed by atoms with Gasteiger partial charge in [0.2, 0.25) is 0 Å². The Morgan fingerprint density at radius 3 is 2.35 bits per heavy atom. The van der Waals surface area contributed by atoms with Crippen LogP contribution in [0.2, 0.25) is 0 Å². The predicted octanol–water partition coefficient (Wildman–Crippen LogP) is 2.22. The van der Waals surface area contributed by atoms with Gasteiger partial charge in [0, 0.05) is 20.1 Å². The van der Waals surface area contributed by atoms with Crippen molar-refractivity contribution in [1.29, 1.82) is 0 Å². The van der Waals surface area contributed by atoms with Gasteiger partial charge in [0.05, 0.1) is 16.5 Å². The fourth-order valence-corrected chi connectivity index (χ4v) is 6.02. The van der Waals surface area contributed by atoms with Crippen LogP contribution in [0.1, 0.15) is 6.42 Å². The standard InChI is InChI=1S/C13H14N4S3/c1-14-11(18)15-8-5-9-16-12(19)17(20(14)13(15)16)10-6-3-2-4-7-10/h2-4,6-7H,5,8-9H2,1H3. The van der Waals surface area contributed by atoms with Crippen LogP contribution in [0.15, 0.2) is 30.3 Å². The molecule has 7 heteroatoms. The van der Waals surface area contributed by atoms with Crippen molar-refractivity contribution in [3.05, 3.63) is 30.3 Å². The van der Waals surface area contributed by atoms with Crippen LogP contribution in [0.3, 0.4) is 0 Å². The SMILES string of the molecule is CN1C(=S)N2CCCN3C(=S)N(c4ccccc4)S1=C23. The molecule has 0 spiro atoms. The first-order valence-corrected chi connectivity index (χ1v) is 8.49. The average Bonchev–Trinajstić information content (AvgIpc) is 2.92. The second-order valence-electron chi connectivity index (χ2n) is 4.90. The maximum Gasteiger partial charge on any atom is 0.193 e. The second-order valence-corrected chi connectivity index (χ2v) is 7.43. The van der Waals surface area contributed by atoms with Gasteiger partial charge in [-0.05, 0) is 43.0 Å². The topological polar surface area (TPSA) is 13.0 Å². The lowest BCUT2D eigenvalue weighted by molar-refractivity contribution is 0.414. The molecule has 1 unspecified atom stereocenters. The minimum absolute atomic E-state index is 0.218. The highest BCUT2D eigenvalue weighted by molar-refractivity contribution is 8.18. The van der Waals surface area contributed by atoms with Crippen molar-refractivity contribution in [3.8, 4) is 0 Å². The van der Waals surface area contributed by atoms with E-state index in [-0.39, 0.29) is 10.9 Å². The maximum atomic E-state index is 5.72. The van der Waals surface area contributed by atoms with E-state index < -0.39 is 0 Å². The minimum atomic E-state index is -0.218. The summed E-state index contributed by atoms with van der Waals surface area (Å²) in [7, 11) is 1.85. The molecule has 0 saturated carbocycles. The molecule has 20 heavy (non-hydrogen) atoms. The van der Waals surface area contributed by atoms with Gasteiger partial charge < -0.3 is 0 Å². The molecule has 0 amide bonds. The second kappa shape index (κ2) is 4.41. The van der Waals surface area contributed by atoms with Gasteiger partial charge in [-0.25, -0.2) is 4.31 Å². The first kappa shape index (κ1) is 12.6. The van der Waals surface area contributed by atoms with Crippen molar-refractivity contribution >= 4 is 56.3 Å². The minimum Gasteiger partial charge on any atom is -0.296 e.